The molecule has 6 rings (SSSR count). The Balaban J connectivity index is 1.26. The first-order valence-corrected chi connectivity index (χ1v) is 12.7. The van der Waals surface area contributed by atoms with Gasteiger partial charge in [0.15, 0.2) is 5.78 Å². The zero-order valence-electron chi connectivity index (χ0n) is 20.7. The van der Waals surface area contributed by atoms with E-state index in [1.807, 2.05) is 25.1 Å². The summed E-state index contributed by atoms with van der Waals surface area (Å²) in [4.78, 5) is 39.2. The Labute approximate surface area is 205 Å². The Kier molecular flexibility index (Phi) is 5.25. The van der Waals surface area contributed by atoms with Crippen molar-refractivity contribution in [1.82, 2.24) is 29.5 Å². The van der Waals surface area contributed by atoms with Crippen LogP contribution in [-0.4, -0.2) is 73.0 Å². The molecule has 1 amide bonds. The maximum Gasteiger partial charge on any atom is 0.244 e. The summed E-state index contributed by atoms with van der Waals surface area (Å²) >= 11 is 0. The highest BCUT2D eigenvalue weighted by Crippen LogP contribution is 2.60. The van der Waals surface area contributed by atoms with Crippen molar-refractivity contribution in [2.75, 3.05) is 19.6 Å². The van der Waals surface area contributed by atoms with E-state index < -0.39 is 0 Å². The molecule has 0 radical (unpaired) electrons. The number of ketones is 1. The predicted molar refractivity (Wildman–Crippen MR) is 133 cm³/mol. The molecule has 35 heavy (non-hydrogen) atoms. The van der Waals surface area contributed by atoms with Crippen molar-refractivity contribution in [3.8, 4) is 11.1 Å². The van der Waals surface area contributed by atoms with E-state index in [0.29, 0.717) is 17.6 Å². The number of nitrogens with zero attached hydrogens (tertiary/aromatic N) is 6. The summed E-state index contributed by atoms with van der Waals surface area (Å²) in [5.74, 6) is 0.695. The second-order valence-corrected chi connectivity index (χ2v) is 10.7. The van der Waals surface area contributed by atoms with Crippen molar-refractivity contribution in [3.63, 3.8) is 0 Å². The average Bonchev–Trinajstić information content (AvgIpc) is 3.16. The molecule has 3 atom stereocenters. The van der Waals surface area contributed by atoms with E-state index in [-0.39, 0.29) is 29.7 Å². The first-order valence-electron chi connectivity index (χ1n) is 12.7. The molecule has 2 saturated heterocycles. The van der Waals surface area contributed by atoms with E-state index in [0.717, 1.165) is 41.4 Å². The van der Waals surface area contributed by atoms with Gasteiger partial charge in [0, 0.05) is 54.3 Å². The lowest BCUT2D eigenvalue weighted by Gasteiger charge is -2.24. The highest BCUT2D eigenvalue weighted by atomic mass is 16.2. The minimum absolute atomic E-state index is 0.0961. The maximum atomic E-state index is 13.5. The van der Waals surface area contributed by atoms with Gasteiger partial charge in [0.25, 0.3) is 0 Å². The number of carbonyl (C=O) groups excluding carboxylic acids is 2. The molecule has 3 aliphatic rings. The van der Waals surface area contributed by atoms with Gasteiger partial charge in [0.05, 0.1) is 5.52 Å². The number of carbonyl (C=O) groups is 2. The molecule has 8 nitrogen and oxygen atoms in total. The van der Waals surface area contributed by atoms with Gasteiger partial charge in [-0.15, -0.1) is 0 Å². The van der Waals surface area contributed by atoms with Crippen LogP contribution in [0.3, 0.4) is 0 Å². The number of aryl methyl sites for hydroxylation is 1. The van der Waals surface area contributed by atoms with Crippen molar-refractivity contribution in [2.24, 2.45) is 5.41 Å². The number of aromatic nitrogens is 4. The van der Waals surface area contributed by atoms with Crippen molar-refractivity contribution < 1.29 is 9.59 Å². The largest absolute Gasteiger partial charge is 0.335 e. The molecule has 2 aromatic heterocycles. The van der Waals surface area contributed by atoms with Crippen LogP contribution in [0.5, 0.6) is 0 Å². The summed E-state index contributed by atoms with van der Waals surface area (Å²) in [6.45, 7) is 9.21. The van der Waals surface area contributed by atoms with Crippen LogP contribution in [0, 0.1) is 12.3 Å². The van der Waals surface area contributed by atoms with Gasteiger partial charge < -0.3 is 9.80 Å². The Morgan fingerprint density at radius 1 is 1.09 bits per heavy atom. The fourth-order valence-electron chi connectivity index (χ4n) is 6.46. The summed E-state index contributed by atoms with van der Waals surface area (Å²) in [7, 11) is 0. The Bertz CT molecular complexity index is 1310. The summed E-state index contributed by atoms with van der Waals surface area (Å²) in [5, 5.41) is 5.35. The quantitative estimate of drug-likeness (QED) is 0.511. The normalized spacial score (nSPS) is 25.9. The van der Waals surface area contributed by atoms with Crippen molar-refractivity contribution >= 4 is 22.6 Å². The van der Waals surface area contributed by atoms with Crippen LogP contribution in [0.25, 0.3) is 22.0 Å². The molecule has 8 heteroatoms. The van der Waals surface area contributed by atoms with Crippen LogP contribution in [0.1, 0.15) is 55.8 Å². The molecule has 0 N–H and O–H groups in total. The number of hydrogen-bond acceptors (Lipinski definition) is 6. The van der Waals surface area contributed by atoms with E-state index in [9.17, 15) is 9.59 Å². The summed E-state index contributed by atoms with van der Waals surface area (Å²) < 4.78 is 1.71. The van der Waals surface area contributed by atoms with Gasteiger partial charge >= 0.3 is 0 Å². The number of likely N-dealkylation sites (tertiary alicyclic amines) is 2. The molecule has 3 fully saturated rings. The molecular weight excluding hydrogens is 440 g/mol. The van der Waals surface area contributed by atoms with E-state index in [4.69, 9.17) is 0 Å². The molecule has 182 valence electrons. The molecule has 4 heterocycles. The van der Waals surface area contributed by atoms with Crippen molar-refractivity contribution in [3.05, 3.63) is 42.1 Å². The molecule has 3 aromatic rings. The zero-order valence-corrected chi connectivity index (χ0v) is 20.7. The minimum Gasteiger partial charge on any atom is -0.335 e. The third-order valence-electron chi connectivity index (χ3n) is 8.17. The van der Waals surface area contributed by atoms with E-state index in [1.165, 1.54) is 32.9 Å². The summed E-state index contributed by atoms with van der Waals surface area (Å²) in [6, 6.07) is 6.45. The Morgan fingerprint density at radius 2 is 1.83 bits per heavy atom. The van der Waals surface area contributed by atoms with Crippen LogP contribution < -0.4 is 0 Å². The predicted octanol–water partition coefficient (Wildman–Crippen LogP) is 3.48. The van der Waals surface area contributed by atoms with E-state index >= 15 is 0 Å². The van der Waals surface area contributed by atoms with E-state index in [2.05, 4.69) is 31.8 Å². The number of Topliss-reactive ketones (excluding diaryl/α,β-unsaturated/α-hetero) is 1. The first-order chi connectivity index (χ1) is 16.8. The lowest BCUT2D eigenvalue weighted by molar-refractivity contribution is -0.133. The van der Waals surface area contributed by atoms with E-state index in [1.54, 1.807) is 17.1 Å². The van der Waals surface area contributed by atoms with Gasteiger partial charge in [-0.3, -0.25) is 14.3 Å². The maximum absolute atomic E-state index is 13.5. The van der Waals surface area contributed by atoms with Crippen LogP contribution >= 0.6 is 0 Å². The number of rotatable bonds is 6. The average molecular weight is 473 g/mol. The molecule has 1 aliphatic carbocycles. The standard InChI is InChI=1S/C27H32N6O2/c1-17-11-27(16-31-8-4-5-9-31)12-24(27)33(17)25(35)15-32-23-7-6-20(21-13-28-19(3)29-14-21)10-22(23)26(30-32)18(2)34/h6-7,10,13-14,17,24H,4-5,8-9,11-12,15-16H2,1-3H3. The van der Waals surface area contributed by atoms with Gasteiger partial charge in [-0.05, 0) is 70.3 Å². The lowest BCUT2D eigenvalue weighted by atomic mass is 10.00. The van der Waals surface area contributed by atoms with Crippen LogP contribution in [0.2, 0.25) is 0 Å². The third kappa shape index (κ3) is 3.84. The van der Waals surface area contributed by atoms with Crippen LogP contribution in [0.15, 0.2) is 30.6 Å². The fourth-order valence-corrected chi connectivity index (χ4v) is 6.46. The number of amides is 1. The summed E-state index contributed by atoms with van der Waals surface area (Å²) in [6.07, 6.45) is 8.35. The van der Waals surface area contributed by atoms with Gasteiger partial charge in [0.2, 0.25) is 5.91 Å². The molecule has 0 spiro atoms. The SMILES string of the molecule is CC(=O)c1nn(CC(=O)N2C(C)CC3(CN4CCCC4)CC23)c2ccc(-c3cnc(C)nc3)cc12. The molecule has 1 aromatic carbocycles. The highest BCUT2D eigenvalue weighted by molar-refractivity contribution is 6.06. The topological polar surface area (TPSA) is 84.2 Å². The fraction of sp³-hybridized carbons (Fsp3) is 0.519. The number of hydrogen-bond donors (Lipinski definition) is 0. The monoisotopic (exact) mass is 472 g/mol. The molecule has 1 saturated carbocycles. The molecule has 3 unspecified atom stereocenters. The molecule has 2 aliphatic heterocycles. The smallest absolute Gasteiger partial charge is 0.244 e. The van der Waals surface area contributed by atoms with Crippen molar-refractivity contribution in [2.45, 2.75) is 65.1 Å². The third-order valence-corrected chi connectivity index (χ3v) is 8.17. The molecular formula is C27H32N6O2. The van der Waals surface area contributed by atoms with Gasteiger partial charge in [-0.1, -0.05) is 6.07 Å². The van der Waals surface area contributed by atoms with Crippen LogP contribution in [-0.2, 0) is 11.3 Å². The number of piperidine rings is 1. The Morgan fingerprint density at radius 3 is 2.54 bits per heavy atom. The number of benzene rings is 1. The first kappa shape index (κ1) is 22.3. The second-order valence-electron chi connectivity index (χ2n) is 10.7. The van der Waals surface area contributed by atoms with Crippen LogP contribution in [0.4, 0.5) is 0 Å². The Hall–Kier alpha value is -3.13. The zero-order chi connectivity index (χ0) is 24.3. The van der Waals surface area contributed by atoms with Gasteiger partial charge in [-0.25, -0.2) is 9.97 Å². The lowest BCUT2D eigenvalue weighted by Crippen LogP contribution is -2.39. The number of fused-ring (bicyclic) bond motifs is 2. The summed E-state index contributed by atoms with van der Waals surface area (Å²) in [5.41, 5.74) is 3.27. The minimum atomic E-state index is -0.111. The van der Waals surface area contributed by atoms with Crippen molar-refractivity contribution in [1.29, 1.82) is 0 Å². The highest BCUT2D eigenvalue weighted by Gasteiger charge is 2.64. The van der Waals surface area contributed by atoms with Gasteiger partial charge in [-0.2, -0.15) is 5.10 Å². The van der Waals surface area contributed by atoms with Gasteiger partial charge in [0.1, 0.15) is 18.1 Å². The molecule has 0 bridgehead atoms. The second kappa shape index (κ2) is 8.22.